The minimum absolute atomic E-state index is 0.155. The number of piperidine rings is 1. The van der Waals surface area contributed by atoms with Crippen LogP contribution in [0.3, 0.4) is 0 Å². The molecule has 2 bridgehead atoms. The maximum atomic E-state index is 13.0. The lowest BCUT2D eigenvalue weighted by atomic mass is 9.98. The Hall–Kier alpha value is -2.56. The highest BCUT2D eigenvalue weighted by Gasteiger charge is 2.43. The molecule has 2 aromatic rings. The second kappa shape index (κ2) is 9.29. The van der Waals surface area contributed by atoms with Crippen LogP contribution in [-0.4, -0.2) is 40.6 Å². The van der Waals surface area contributed by atoms with Crippen molar-refractivity contribution in [3.63, 3.8) is 0 Å². The van der Waals surface area contributed by atoms with Crippen molar-refractivity contribution in [2.24, 2.45) is 0 Å². The molecular weight excluding hydrogens is 364 g/mol. The van der Waals surface area contributed by atoms with Gasteiger partial charge in [-0.05, 0) is 49.4 Å². The van der Waals surface area contributed by atoms with Gasteiger partial charge in [0.2, 0.25) is 11.8 Å². The zero-order valence-corrected chi connectivity index (χ0v) is 17.1. The number of aromatic nitrogens is 1. The van der Waals surface area contributed by atoms with E-state index in [1.807, 2.05) is 30.3 Å². The summed E-state index contributed by atoms with van der Waals surface area (Å²) in [6, 6.07) is 14.5. The van der Waals surface area contributed by atoms with Crippen molar-refractivity contribution < 1.29 is 14.3 Å². The molecule has 2 aliphatic heterocycles. The topological polar surface area (TPSA) is 51.7 Å². The van der Waals surface area contributed by atoms with Gasteiger partial charge in [0, 0.05) is 43.6 Å². The van der Waals surface area contributed by atoms with Gasteiger partial charge in [-0.3, -0.25) is 4.79 Å². The summed E-state index contributed by atoms with van der Waals surface area (Å²) in [5.74, 6) is 1.86. The maximum Gasteiger partial charge on any atom is 0.223 e. The Bertz CT molecular complexity index is 780. The fourth-order valence-corrected chi connectivity index (χ4v) is 4.57. The van der Waals surface area contributed by atoms with E-state index in [0.717, 1.165) is 50.9 Å². The number of ether oxygens (including phenoxy) is 2. The first-order valence-corrected chi connectivity index (χ1v) is 10.8. The molecule has 5 heteroatoms. The normalized spacial score (nSPS) is 23.1. The molecule has 0 spiro atoms. The third-order valence-corrected chi connectivity index (χ3v) is 5.93. The molecule has 1 aromatic carbocycles. The van der Waals surface area contributed by atoms with Crippen LogP contribution in [-0.2, 0) is 11.2 Å². The monoisotopic (exact) mass is 394 g/mol. The van der Waals surface area contributed by atoms with Gasteiger partial charge in [0.25, 0.3) is 0 Å². The summed E-state index contributed by atoms with van der Waals surface area (Å²) in [7, 11) is 0. The number of aryl methyl sites for hydroxylation is 1. The summed E-state index contributed by atoms with van der Waals surface area (Å²) in [5, 5.41) is 0. The van der Waals surface area contributed by atoms with Crippen LogP contribution >= 0.6 is 0 Å². The second-order valence-electron chi connectivity index (χ2n) is 8.06. The lowest BCUT2D eigenvalue weighted by molar-refractivity contribution is -0.137. The van der Waals surface area contributed by atoms with E-state index in [4.69, 9.17) is 9.47 Å². The van der Waals surface area contributed by atoms with Crippen molar-refractivity contribution in [3.05, 3.63) is 54.2 Å². The van der Waals surface area contributed by atoms with Crippen LogP contribution in [0.25, 0.3) is 0 Å². The summed E-state index contributed by atoms with van der Waals surface area (Å²) >= 11 is 0. The van der Waals surface area contributed by atoms with Crippen LogP contribution < -0.4 is 9.47 Å². The molecule has 154 valence electrons. The highest BCUT2D eigenvalue weighted by molar-refractivity contribution is 5.77. The summed E-state index contributed by atoms with van der Waals surface area (Å²) in [4.78, 5) is 19.4. The van der Waals surface area contributed by atoms with Gasteiger partial charge in [-0.2, -0.15) is 0 Å². The van der Waals surface area contributed by atoms with Crippen molar-refractivity contribution in [2.75, 3.05) is 6.61 Å². The number of amides is 1. The lowest BCUT2D eigenvalue weighted by Crippen LogP contribution is -2.49. The number of benzene rings is 1. The summed E-state index contributed by atoms with van der Waals surface area (Å²) < 4.78 is 11.7. The van der Waals surface area contributed by atoms with Crippen molar-refractivity contribution in [1.29, 1.82) is 0 Å². The molecule has 0 radical (unpaired) electrons. The molecule has 2 saturated heterocycles. The summed E-state index contributed by atoms with van der Waals surface area (Å²) in [5.41, 5.74) is 1.18. The van der Waals surface area contributed by atoms with Crippen molar-refractivity contribution in [3.8, 4) is 11.6 Å². The van der Waals surface area contributed by atoms with Crippen LogP contribution in [0.5, 0.6) is 11.6 Å². The molecule has 0 saturated carbocycles. The molecule has 4 rings (SSSR count). The summed E-state index contributed by atoms with van der Waals surface area (Å²) in [6.45, 7) is 2.83. The third kappa shape index (κ3) is 4.89. The van der Waals surface area contributed by atoms with E-state index in [0.29, 0.717) is 24.4 Å². The Morgan fingerprint density at radius 1 is 1.10 bits per heavy atom. The predicted octanol–water partition coefficient (Wildman–Crippen LogP) is 4.40. The first kappa shape index (κ1) is 19.7. The van der Waals surface area contributed by atoms with Gasteiger partial charge >= 0.3 is 0 Å². The molecule has 1 amide bonds. The van der Waals surface area contributed by atoms with Crippen LogP contribution in [0.15, 0.2) is 48.7 Å². The average molecular weight is 395 g/mol. The van der Waals surface area contributed by atoms with E-state index in [-0.39, 0.29) is 12.0 Å². The van der Waals surface area contributed by atoms with Gasteiger partial charge in [0.05, 0.1) is 6.61 Å². The maximum absolute atomic E-state index is 13.0. The van der Waals surface area contributed by atoms with E-state index >= 15 is 0 Å². The first-order valence-electron chi connectivity index (χ1n) is 10.8. The molecule has 1 aromatic heterocycles. The standard InChI is InChI=1S/C24H30N2O3/c1-2-15-28-21-11-6-18(7-12-21)8-13-24(27)26-19-9-10-20(26)17-22(16-19)29-23-5-3-4-14-25-23/h3-7,11-12,14,19-20,22H,2,8-10,13,15-17H2,1H3. The Labute approximate surface area is 173 Å². The van der Waals surface area contributed by atoms with E-state index < -0.39 is 0 Å². The number of fused-ring (bicyclic) bond motifs is 2. The molecular formula is C24H30N2O3. The van der Waals surface area contributed by atoms with Crippen LogP contribution in [0.1, 0.15) is 51.0 Å². The quantitative estimate of drug-likeness (QED) is 0.666. The highest BCUT2D eigenvalue weighted by atomic mass is 16.5. The Morgan fingerprint density at radius 3 is 2.52 bits per heavy atom. The number of hydrogen-bond acceptors (Lipinski definition) is 4. The van der Waals surface area contributed by atoms with Crippen molar-refractivity contribution >= 4 is 5.91 Å². The fraction of sp³-hybridized carbons (Fsp3) is 0.500. The molecule has 0 N–H and O–H groups in total. The van der Waals surface area contributed by atoms with Gasteiger partial charge in [-0.25, -0.2) is 4.98 Å². The number of pyridine rings is 1. The van der Waals surface area contributed by atoms with Gasteiger partial charge in [-0.1, -0.05) is 25.1 Å². The molecule has 2 unspecified atom stereocenters. The fourth-order valence-electron chi connectivity index (χ4n) is 4.57. The highest BCUT2D eigenvalue weighted by Crippen LogP contribution is 2.37. The molecule has 0 aliphatic carbocycles. The number of hydrogen-bond donors (Lipinski definition) is 0. The smallest absolute Gasteiger partial charge is 0.223 e. The molecule has 2 fully saturated rings. The van der Waals surface area contributed by atoms with Crippen molar-refractivity contribution in [1.82, 2.24) is 9.88 Å². The predicted molar refractivity (Wildman–Crippen MR) is 112 cm³/mol. The summed E-state index contributed by atoms with van der Waals surface area (Å²) in [6.07, 6.45) is 8.23. The average Bonchev–Trinajstić information content (AvgIpc) is 3.02. The lowest BCUT2D eigenvalue weighted by Gasteiger charge is -2.38. The zero-order chi connectivity index (χ0) is 20.1. The van der Waals surface area contributed by atoms with E-state index in [9.17, 15) is 4.79 Å². The zero-order valence-electron chi connectivity index (χ0n) is 17.1. The van der Waals surface area contributed by atoms with Gasteiger partial charge in [0.15, 0.2) is 0 Å². The molecule has 3 heterocycles. The van der Waals surface area contributed by atoms with Gasteiger partial charge < -0.3 is 14.4 Å². The van der Waals surface area contributed by atoms with E-state index in [2.05, 4.69) is 28.9 Å². The first-order chi connectivity index (χ1) is 14.2. The number of carbonyl (C=O) groups excluding carboxylic acids is 1. The Kier molecular flexibility index (Phi) is 6.33. The van der Waals surface area contributed by atoms with Crippen molar-refractivity contribution in [2.45, 2.75) is 70.1 Å². The second-order valence-corrected chi connectivity index (χ2v) is 8.06. The minimum Gasteiger partial charge on any atom is -0.494 e. The Balaban J connectivity index is 1.28. The number of nitrogens with zero attached hydrogens (tertiary/aromatic N) is 2. The number of carbonyl (C=O) groups is 1. The third-order valence-electron chi connectivity index (χ3n) is 5.93. The SMILES string of the molecule is CCCOc1ccc(CCC(=O)N2C3CCC2CC(Oc2ccccn2)C3)cc1. The largest absolute Gasteiger partial charge is 0.494 e. The van der Waals surface area contributed by atoms with Crippen LogP contribution in [0.4, 0.5) is 0 Å². The van der Waals surface area contributed by atoms with E-state index in [1.54, 1.807) is 6.20 Å². The molecule has 29 heavy (non-hydrogen) atoms. The van der Waals surface area contributed by atoms with E-state index in [1.165, 1.54) is 5.56 Å². The molecule has 2 atom stereocenters. The minimum atomic E-state index is 0.155. The van der Waals surface area contributed by atoms with Gasteiger partial charge in [-0.15, -0.1) is 0 Å². The van der Waals surface area contributed by atoms with Gasteiger partial charge in [0.1, 0.15) is 11.9 Å². The van der Waals surface area contributed by atoms with Crippen LogP contribution in [0.2, 0.25) is 0 Å². The molecule has 2 aliphatic rings. The Morgan fingerprint density at radius 2 is 1.86 bits per heavy atom. The number of rotatable bonds is 8. The molecule has 5 nitrogen and oxygen atoms in total. The van der Waals surface area contributed by atoms with Crippen LogP contribution in [0, 0.1) is 0 Å².